The number of nitrogens with one attached hydrogen (secondary N) is 2. The summed E-state index contributed by atoms with van der Waals surface area (Å²) in [5, 5.41) is 7.14. The maximum absolute atomic E-state index is 12.1. The predicted molar refractivity (Wildman–Crippen MR) is 88.4 cm³/mol. The largest absolute Gasteiger partial charge is 0.492 e. The molecule has 4 N–H and O–H groups in total. The zero-order chi connectivity index (χ0) is 15.5. The molecule has 0 unspecified atom stereocenters. The van der Waals surface area contributed by atoms with Gasteiger partial charge in [0, 0.05) is 13.1 Å². The van der Waals surface area contributed by atoms with Crippen molar-refractivity contribution in [2.75, 3.05) is 31.2 Å². The summed E-state index contributed by atoms with van der Waals surface area (Å²) in [6, 6.07) is 0. The minimum Gasteiger partial charge on any atom is -0.492 e. The Morgan fingerprint density at radius 1 is 1.43 bits per heavy atom. The number of thiophene rings is 1. The lowest BCUT2D eigenvalue weighted by Crippen LogP contribution is -2.23. The fourth-order valence-corrected chi connectivity index (χ4v) is 3.34. The van der Waals surface area contributed by atoms with Crippen molar-refractivity contribution >= 4 is 27.9 Å². The van der Waals surface area contributed by atoms with Crippen molar-refractivity contribution in [3.8, 4) is 5.75 Å². The minimum atomic E-state index is -0.123. The van der Waals surface area contributed by atoms with Crippen molar-refractivity contribution < 1.29 is 9.53 Å². The topological polar surface area (TPSA) is 76.4 Å². The summed E-state index contributed by atoms with van der Waals surface area (Å²) in [7, 11) is 1.59. The van der Waals surface area contributed by atoms with E-state index < -0.39 is 0 Å². The molecule has 0 spiro atoms. The average molecular weight is 311 g/mol. The fourth-order valence-electron chi connectivity index (χ4n) is 2.34. The van der Waals surface area contributed by atoms with Gasteiger partial charge in [-0.1, -0.05) is 13.8 Å². The van der Waals surface area contributed by atoms with E-state index in [4.69, 9.17) is 10.5 Å². The minimum absolute atomic E-state index is 0.123. The molecule has 0 aliphatic heterocycles. The van der Waals surface area contributed by atoms with Gasteiger partial charge in [0.1, 0.15) is 15.6 Å². The molecule has 1 fully saturated rings. The van der Waals surface area contributed by atoms with Crippen LogP contribution in [0, 0.1) is 5.41 Å². The number of carbonyl (C=O) groups excluding carboxylic acids is 1. The third kappa shape index (κ3) is 3.43. The van der Waals surface area contributed by atoms with Gasteiger partial charge in [-0.3, -0.25) is 4.79 Å². The molecule has 1 saturated carbocycles. The van der Waals surface area contributed by atoms with Gasteiger partial charge in [0.25, 0.3) is 5.91 Å². The number of rotatable bonds is 8. The van der Waals surface area contributed by atoms with E-state index in [2.05, 4.69) is 17.6 Å². The summed E-state index contributed by atoms with van der Waals surface area (Å²) >= 11 is 1.38. The first-order valence-corrected chi connectivity index (χ1v) is 8.37. The number of methoxy groups -OCH3 is 1. The number of nitrogen functional groups attached to an aromatic ring is 1. The number of carbonyl (C=O) groups is 1. The number of amides is 1. The van der Waals surface area contributed by atoms with Crippen LogP contribution in [-0.4, -0.2) is 26.1 Å². The van der Waals surface area contributed by atoms with E-state index in [1.807, 2.05) is 6.92 Å². The number of ether oxygens (including phenoxy) is 1. The zero-order valence-corrected chi connectivity index (χ0v) is 13.9. The SMILES string of the molecule is CCCNC(=O)c1sc(NCC2(CC)CC2)c(OC)c1N. The highest BCUT2D eigenvalue weighted by molar-refractivity contribution is 7.19. The molecular formula is C15H25N3O2S. The maximum Gasteiger partial charge on any atom is 0.263 e. The van der Waals surface area contributed by atoms with Crippen LogP contribution < -0.4 is 21.1 Å². The Kier molecular flexibility index (Phi) is 4.98. The highest BCUT2D eigenvalue weighted by atomic mass is 32.1. The maximum atomic E-state index is 12.1. The monoisotopic (exact) mass is 311 g/mol. The molecule has 0 saturated heterocycles. The van der Waals surface area contributed by atoms with Crippen LogP contribution in [0.1, 0.15) is 49.2 Å². The normalized spacial score (nSPS) is 15.6. The van der Waals surface area contributed by atoms with Crippen molar-refractivity contribution in [3.05, 3.63) is 4.88 Å². The lowest BCUT2D eigenvalue weighted by molar-refractivity contribution is 0.0958. The molecule has 1 amide bonds. The molecule has 0 atom stereocenters. The Bertz CT molecular complexity index is 509. The van der Waals surface area contributed by atoms with E-state index in [9.17, 15) is 4.79 Å². The molecule has 1 aromatic rings. The van der Waals surface area contributed by atoms with E-state index in [1.54, 1.807) is 7.11 Å². The first-order valence-electron chi connectivity index (χ1n) is 7.55. The highest BCUT2D eigenvalue weighted by Crippen LogP contribution is 2.50. The third-order valence-corrected chi connectivity index (χ3v) is 5.32. The van der Waals surface area contributed by atoms with Crippen molar-refractivity contribution in [3.63, 3.8) is 0 Å². The van der Waals surface area contributed by atoms with Crippen LogP contribution >= 0.6 is 11.3 Å². The second-order valence-electron chi connectivity index (χ2n) is 5.67. The standard InChI is InChI=1S/C15H25N3O2S/c1-4-8-17-13(19)12-10(16)11(20-3)14(21-12)18-9-15(5-2)6-7-15/h18H,4-9,16H2,1-3H3,(H,17,19). The Balaban J connectivity index is 2.11. The summed E-state index contributed by atoms with van der Waals surface area (Å²) in [6.45, 7) is 5.81. The fraction of sp³-hybridized carbons (Fsp3) is 0.667. The Labute approximate surface area is 130 Å². The summed E-state index contributed by atoms with van der Waals surface area (Å²) in [5.41, 5.74) is 6.91. The van der Waals surface area contributed by atoms with E-state index in [0.29, 0.717) is 28.3 Å². The molecule has 21 heavy (non-hydrogen) atoms. The lowest BCUT2D eigenvalue weighted by Gasteiger charge is -2.14. The van der Waals surface area contributed by atoms with E-state index in [0.717, 1.165) is 18.0 Å². The van der Waals surface area contributed by atoms with Crippen LogP contribution in [-0.2, 0) is 0 Å². The molecule has 0 radical (unpaired) electrons. The molecule has 1 aromatic heterocycles. The van der Waals surface area contributed by atoms with Crippen LogP contribution in [0.2, 0.25) is 0 Å². The molecule has 5 nitrogen and oxygen atoms in total. The number of nitrogens with two attached hydrogens (primary N) is 1. The Hall–Kier alpha value is -1.43. The molecule has 1 aliphatic rings. The average Bonchev–Trinajstić information content (AvgIpc) is 3.21. The van der Waals surface area contributed by atoms with Crippen LogP contribution in [0.4, 0.5) is 10.7 Å². The molecule has 2 rings (SSSR count). The van der Waals surface area contributed by atoms with Crippen LogP contribution in [0.25, 0.3) is 0 Å². The van der Waals surface area contributed by atoms with Gasteiger partial charge in [-0.05, 0) is 31.1 Å². The summed E-state index contributed by atoms with van der Waals surface area (Å²) < 4.78 is 5.37. The quantitative estimate of drug-likeness (QED) is 0.689. The Morgan fingerprint density at radius 2 is 2.14 bits per heavy atom. The summed E-state index contributed by atoms with van der Waals surface area (Å²) in [4.78, 5) is 12.6. The second-order valence-corrected chi connectivity index (χ2v) is 6.69. The van der Waals surface area contributed by atoms with Crippen LogP contribution in [0.5, 0.6) is 5.75 Å². The van der Waals surface area contributed by atoms with E-state index in [1.165, 1.54) is 30.6 Å². The van der Waals surface area contributed by atoms with Gasteiger partial charge >= 0.3 is 0 Å². The molecule has 0 aromatic carbocycles. The van der Waals surface area contributed by atoms with Crippen LogP contribution in [0.3, 0.4) is 0 Å². The van der Waals surface area contributed by atoms with Gasteiger partial charge in [-0.15, -0.1) is 11.3 Å². The van der Waals surface area contributed by atoms with Crippen molar-refractivity contribution in [2.45, 2.75) is 39.5 Å². The molecular weight excluding hydrogens is 286 g/mol. The second kappa shape index (κ2) is 6.56. The first kappa shape index (κ1) is 15.9. The van der Waals surface area contributed by atoms with Crippen molar-refractivity contribution in [1.82, 2.24) is 5.32 Å². The van der Waals surface area contributed by atoms with E-state index in [-0.39, 0.29) is 5.91 Å². The van der Waals surface area contributed by atoms with Crippen molar-refractivity contribution in [2.24, 2.45) is 5.41 Å². The number of anilines is 2. The van der Waals surface area contributed by atoms with Gasteiger partial charge in [0.05, 0.1) is 7.11 Å². The Morgan fingerprint density at radius 3 is 2.67 bits per heavy atom. The van der Waals surface area contributed by atoms with Gasteiger partial charge in [0.15, 0.2) is 5.75 Å². The third-order valence-electron chi connectivity index (χ3n) is 4.18. The number of hydrogen-bond donors (Lipinski definition) is 3. The number of hydrogen-bond acceptors (Lipinski definition) is 5. The molecule has 1 heterocycles. The molecule has 0 bridgehead atoms. The smallest absolute Gasteiger partial charge is 0.263 e. The molecule has 118 valence electrons. The zero-order valence-electron chi connectivity index (χ0n) is 13.0. The summed E-state index contributed by atoms with van der Waals surface area (Å²) in [5.74, 6) is 0.468. The van der Waals surface area contributed by atoms with Gasteiger partial charge in [-0.2, -0.15) is 0 Å². The van der Waals surface area contributed by atoms with Gasteiger partial charge in [0.2, 0.25) is 0 Å². The first-order chi connectivity index (χ1) is 10.1. The molecule has 6 heteroatoms. The van der Waals surface area contributed by atoms with Gasteiger partial charge in [-0.25, -0.2) is 0 Å². The predicted octanol–water partition coefficient (Wildman–Crippen LogP) is 3.08. The van der Waals surface area contributed by atoms with Crippen molar-refractivity contribution in [1.29, 1.82) is 0 Å². The summed E-state index contributed by atoms with van der Waals surface area (Å²) in [6.07, 6.45) is 4.61. The lowest BCUT2D eigenvalue weighted by atomic mass is 10.0. The van der Waals surface area contributed by atoms with Gasteiger partial charge < -0.3 is 21.1 Å². The highest BCUT2D eigenvalue weighted by Gasteiger charge is 2.40. The van der Waals surface area contributed by atoms with E-state index >= 15 is 0 Å². The molecule has 1 aliphatic carbocycles. The van der Waals surface area contributed by atoms with Crippen LogP contribution in [0.15, 0.2) is 0 Å².